The van der Waals surface area contributed by atoms with Crippen molar-refractivity contribution in [2.45, 2.75) is 19.9 Å². The van der Waals surface area contributed by atoms with Gasteiger partial charge in [-0.15, -0.1) is 0 Å². The Balaban J connectivity index is 2.56. The molecule has 0 aliphatic carbocycles. The van der Waals surface area contributed by atoms with Crippen LogP contribution in [0.5, 0.6) is 0 Å². The van der Waals surface area contributed by atoms with Gasteiger partial charge in [0.1, 0.15) is 0 Å². The first-order valence-corrected chi connectivity index (χ1v) is 6.07. The number of benzene rings is 1. The highest BCUT2D eigenvalue weighted by atomic mass is 79.9. The van der Waals surface area contributed by atoms with Gasteiger partial charge in [0.15, 0.2) is 0 Å². The molecule has 0 saturated carbocycles. The first-order chi connectivity index (χ1) is 7.65. The van der Waals surface area contributed by atoms with Crippen LogP contribution in [0.2, 0.25) is 0 Å². The molecular formula is C12H16BrNO2. The molecule has 0 saturated heterocycles. The fraction of sp³-hybridized carbons (Fsp3) is 0.417. The highest BCUT2D eigenvalue weighted by Gasteiger charge is 2.11. The number of carbonyl (C=O) groups is 1. The summed E-state index contributed by atoms with van der Waals surface area (Å²) in [4.78, 5) is 11.8. The molecule has 88 valence electrons. The van der Waals surface area contributed by atoms with Gasteiger partial charge in [0.25, 0.3) is 5.91 Å². The van der Waals surface area contributed by atoms with E-state index in [9.17, 15) is 4.79 Å². The van der Waals surface area contributed by atoms with E-state index in [0.29, 0.717) is 18.8 Å². The fourth-order valence-electron chi connectivity index (χ4n) is 1.28. The van der Waals surface area contributed by atoms with Gasteiger partial charge in [0.05, 0.1) is 12.2 Å². The lowest BCUT2D eigenvalue weighted by molar-refractivity contribution is 0.0871. The molecule has 1 aromatic carbocycles. The number of hydrogen-bond donors (Lipinski definition) is 1. The van der Waals surface area contributed by atoms with Crippen LogP contribution in [0.15, 0.2) is 28.7 Å². The summed E-state index contributed by atoms with van der Waals surface area (Å²) in [5.41, 5.74) is 0.644. The summed E-state index contributed by atoms with van der Waals surface area (Å²) in [5.74, 6) is -0.0836. The molecule has 1 unspecified atom stereocenters. The summed E-state index contributed by atoms with van der Waals surface area (Å²) < 4.78 is 6.04. The van der Waals surface area contributed by atoms with E-state index in [1.807, 2.05) is 32.0 Å². The van der Waals surface area contributed by atoms with E-state index < -0.39 is 0 Å². The smallest absolute Gasteiger partial charge is 0.252 e. The van der Waals surface area contributed by atoms with Crippen LogP contribution in [0.25, 0.3) is 0 Å². The maximum absolute atomic E-state index is 11.8. The van der Waals surface area contributed by atoms with Crippen LogP contribution < -0.4 is 5.32 Å². The Hall–Kier alpha value is -0.870. The molecule has 0 aliphatic rings. The zero-order chi connectivity index (χ0) is 12.0. The van der Waals surface area contributed by atoms with E-state index in [0.717, 1.165) is 4.47 Å². The molecule has 0 aromatic heterocycles. The fourth-order valence-corrected chi connectivity index (χ4v) is 1.75. The van der Waals surface area contributed by atoms with E-state index in [4.69, 9.17) is 4.74 Å². The summed E-state index contributed by atoms with van der Waals surface area (Å²) in [7, 11) is 0. The monoisotopic (exact) mass is 285 g/mol. The minimum absolute atomic E-state index is 0.0135. The molecule has 1 rings (SSSR count). The van der Waals surface area contributed by atoms with Crippen LogP contribution in [-0.2, 0) is 4.74 Å². The molecule has 0 aliphatic heterocycles. The zero-order valence-corrected chi connectivity index (χ0v) is 11.1. The number of rotatable bonds is 5. The number of hydrogen-bond acceptors (Lipinski definition) is 2. The van der Waals surface area contributed by atoms with E-state index in [1.54, 1.807) is 6.07 Å². The number of nitrogens with one attached hydrogen (secondary N) is 1. The van der Waals surface area contributed by atoms with Crippen molar-refractivity contribution in [3.8, 4) is 0 Å². The van der Waals surface area contributed by atoms with Gasteiger partial charge >= 0.3 is 0 Å². The van der Waals surface area contributed by atoms with Crippen LogP contribution in [-0.4, -0.2) is 25.2 Å². The number of halogens is 1. The third-order valence-corrected chi connectivity index (χ3v) is 2.76. The molecule has 0 bridgehead atoms. The largest absolute Gasteiger partial charge is 0.380 e. The van der Waals surface area contributed by atoms with E-state index in [1.165, 1.54) is 0 Å². The third kappa shape index (κ3) is 3.94. The molecule has 0 fully saturated rings. The van der Waals surface area contributed by atoms with Gasteiger partial charge in [-0.25, -0.2) is 0 Å². The molecule has 0 spiro atoms. The Kier molecular flexibility index (Phi) is 5.49. The normalized spacial score (nSPS) is 12.2. The Morgan fingerprint density at radius 3 is 2.81 bits per heavy atom. The second-order valence-electron chi connectivity index (χ2n) is 3.51. The highest BCUT2D eigenvalue weighted by Crippen LogP contribution is 2.15. The van der Waals surface area contributed by atoms with Crippen molar-refractivity contribution in [1.29, 1.82) is 0 Å². The SMILES string of the molecule is CCOCC(C)NC(=O)c1ccccc1Br. The predicted molar refractivity (Wildman–Crippen MR) is 67.6 cm³/mol. The van der Waals surface area contributed by atoms with Crippen molar-refractivity contribution >= 4 is 21.8 Å². The number of ether oxygens (including phenoxy) is 1. The number of amides is 1. The summed E-state index contributed by atoms with van der Waals surface area (Å²) in [5, 5.41) is 2.88. The number of carbonyl (C=O) groups excluding carboxylic acids is 1. The molecule has 0 heterocycles. The minimum Gasteiger partial charge on any atom is -0.380 e. The van der Waals surface area contributed by atoms with Gasteiger partial charge in [-0.2, -0.15) is 0 Å². The van der Waals surface area contributed by atoms with Crippen LogP contribution in [0, 0.1) is 0 Å². The summed E-state index contributed by atoms with van der Waals surface area (Å²) >= 11 is 3.35. The average Bonchev–Trinajstić information content (AvgIpc) is 2.26. The summed E-state index contributed by atoms with van der Waals surface area (Å²) in [6, 6.07) is 7.37. The molecule has 3 nitrogen and oxygen atoms in total. The Morgan fingerprint density at radius 1 is 1.50 bits per heavy atom. The van der Waals surface area contributed by atoms with Crippen molar-refractivity contribution < 1.29 is 9.53 Å². The molecule has 1 amide bonds. The van der Waals surface area contributed by atoms with Crippen molar-refractivity contribution in [1.82, 2.24) is 5.32 Å². The topological polar surface area (TPSA) is 38.3 Å². The standard InChI is InChI=1S/C12H16BrNO2/c1-3-16-8-9(2)14-12(15)10-6-4-5-7-11(10)13/h4-7,9H,3,8H2,1-2H3,(H,14,15). The maximum Gasteiger partial charge on any atom is 0.252 e. The maximum atomic E-state index is 11.8. The molecule has 16 heavy (non-hydrogen) atoms. The second-order valence-corrected chi connectivity index (χ2v) is 4.37. The second kappa shape index (κ2) is 6.66. The Labute approximate surface area is 104 Å². The van der Waals surface area contributed by atoms with E-state index >= 15 is 0 Å². The predicted octanol–water partition coefficient (Wildman–Crippen LogP) is 2.60. The summed E-state index contributed by atoms with van der Waals surface area (Å²) in [6.45, 7) is 5.05. The first-order valence-electron chi connectivity index (χ1n) is 5.28. The molecular weight excluding hydrogens is 270 g/mol. The zero-order valence-electron chi connectivity index (χ0n) is 9.50. The van der Waals surface area contributed by atoms with Crippen LogP contribution in [0.1, 0.15) is 24.2 Å². The van der Waals surface area contributed by atoms with Gasteiger partial charge < -0.3 is 10.1 Å². The van der Waals surface area contributed by atoms with Gasteiger partial charge in [0, 0.05) is 17.1 Å². The first kappa shape index (κ1) is 13.2. The molecule has 4 heteroatoms. The third-order valence-electron chi connectivity index (χ3n) is 2.07. The lowest BCUT2D eigenvalue weighted by Crippen LogP contribution is -2.36. The van der Waals surface area contributed by atoms with Crippen molar-refractivity contribution in [2.24, 2.45) is 0 Å². The Morgan fingerprint density at radius 2 is 2.19 bits per heavy atom. The van der Waals surface area contributed by atoms with Crippen LogP contribution in [0.4, 0.5) is 0 Å². The summed E-state index contributed by atoms with van der Waals surface area (Å²) in [6.07, 6.45) is 0. The van der Waals surface area contributed by atoms with Gasteiger partial charge in [-0.1, -0.05) is 12.1 Å². The van der Waals surface area contributed by atoms with Crippen LogP contribution in [0.3, 0.4) is 0 Å². The average molecular weight is 286 g/mol. The van der Waals surface area contributed by atoms with Crippen molar-refractivity contribution in [3.63, 3.8) is 0 Å². The van der Waals surface area contributed by atoms with Gasteiger partial charge in [-0.3, -0.25) is 4.79 Å². The van der Waals surface area contributed by atoms with E-state index in [-0.39, 0.29) is 11.9 Å². The van der Waals surface area contributed by atoms with Crippen molar-refractivity contribution in [2.75, 3.05) is 13.2 Å². The van der Waals surface area contributed by atoms with Crippen LogP contribution >= 0.6 is 15.9 Å². The van der Waals surface area contributed by atoms with Gasteiger partial charge in [0.2, 0.25) is 0 Å². The minimum atomic E-state index is -0.0836. The quantitative estimate of drug-likeness (QED) is 0.903. The van der Waals surface area contributed by atoms with Crippen molar-refractivity contribution in [3.05, 3.63) is 34.3 Å². The molecule has 1 N–H and O–H groups in total. The molecule has 1 aromatic rings. The van der Waals surface area contributed by atoms with Gasteiger partial charge in [-0.05, 0) is 41.9 Å². The van der Waals surface area contributed by atoms with E-state index in [2.05, 4.69) is 21.2 Å². The lowest BCUT2D eigenvalue weighted by Gasteiger charge is -2.14. The molecule has 1 atom stereocenters. The highest BCUT2D eigenvalue weighted by molar-refractivity contribution is 9.10. The lowest BCUT2D eigenvalue weighted by atomic mass is 10.2. The Bertz CT molecular complexity index is 355. The molecule has 0 radical (unpaired) electrons.